The molecule has 0 saturated carbocycles. The normalized spacial score (nSPS) is 17.3. The second-order valence-electron chi connectivity index (χ2n) is 7.02. The van der Waals surface area contributed by atoms with Crippen LogP contribution in [-0.2, 0) is 24.5 Å². The van der Waals surface area contributed by atoms with Crippen molar-refractivity contribution in [2.45, 2.75) is 38.6 Å². The van der Waals surface area contributed by atoms with Gasteiger partial charge in [0.05, 0.1) is 35.5 Å². The van der Waals surface area contributed by atoms with Crippen LogP contribution in [0.1, 0.15) is 24.1 Å². The molecule has 0 spiro atoms. The molecule has 0 aromatic carbocycles. The number of hydrogen-bond acceptors (Lipinski definition) is 5. The first-order valence-electron chi connectivity index (χ1n) is 9.02. The maximum Gasteiger partial charge on any atom is 0.417 e. The van der Waals surface area contributed by atoms with Crippen LogP contribution < -0.4 is 5.56 Å². The predicted molar refractivity (Wildman–Crippen MR) is 102 cm³/mol. The van der Waals surface area contributed by atoms with Gasteiger partial charge in [0.2, 0.25) is 0 Å². The minimum Gasteiger partial charge on any atom is -0.376 e. The molecule has 1 aliphatic heterocycles. The van der Waals surface area contributed by atoms with Crippen molar-refractivity contribution in [1.29, 1.82) is 0 Å². The number of nitrogens with zero attached hydrogens (tertiary/aromatic N) is 4. The highest BCUT2D eigenvalue weighted by atomic mass is 32.1. The van der Waals surface area contributed by atoms with Gasteiger partial charge < -0.3 is 4.74 Å². The standard InChI is InChI=1S/C18H18F3N5O2S/c1-9-11(7-22-25(9)2)13-6-12(18(19,20)21)14-15(23-13)26(17(29)24-16(14)27)8-10-4-3-5-28-10/h6-7,10H,3-5,8H2,1-2H3,(H,24,27,29)/t10-/m0/s1. The summed E-state index contributed by atoms with van der Waals surface area (Å²) < 4.78 is 50.2. The van der Waals surface area contributed by atoms with Gasteiger partial charge in [0.1, 0.15) is 5.65 Å². The van der Waals surface area contributed by atoms with Crippen LogP contribution in [-0.4, -0.2) is 37.0 Å². The third-order valence-electron chi connectivity index (χ3n) is 5.18. The van der Waals surface area contributed by atoms with E-state index in [1.54, 1.807) is 18.7 Å². The molecule has 0 unspecified atom stereocenters. The fraction of sp³-hybridized carbons (Fsp3) is 0.444. The number of aromatic amines is 1. The maximum atomic E-state index is 13.9. The van der Waals surface area contributed by atoms with E-state index in [1.165, 1.54) is 10.8 Å². The number of aromatic nitrogens is 5. The van der Waals surface area contributed by atoms with E-state index >= 15 is 0 Å². The van der Waals surface area contributed by atoms with Gasteiger partial charge in [-0.3, -0.25) is 19.0 Å². The Hall–Kier alpha value is -2.53. The van der Waals surface area contributed by atoms with E-state index in [-0.39, 0.29) is 28.8 Å². The van der Waals surface area contributed by atoms with Crippen molar-refractivity contribution in [3.8, 4) is 11.3 Å². The molecule has 0 bridgehead atoms. The average Bonchev–Trinajstić information content (AvgIpc) is 3.27. The fourth-order valence-electron chi connectivity index (χ4n) is 3.55. The summed E-state index contributed by atoms with van der Waals surface area (Å²) in [6.45, 7) is 2.53. The molecule has 29 heavy (non-hydrogen) atoms. The number of rotatable bonds is 3. The second kappa shape index (κ2) is 7.06. The number of H-pyrrole nitrogens is 1. The Morgan fingerprint density at radius 2 is 2.17 bits per heavy atom. The number of alkyl halides is 3. The summed E-state index contributed by atoms with van der Waals surface area (Å²) in [5.41, 5.74) is -0.895. The van der Waals surface area contributed by atoms with Gasteiger partial charge in [-0.1, -0.05) is 0 Å². The average molecular weight is 425 g/mol. The van der Waals surface area contributed by atoms with Gasteiger partial charge in [0.25, 0.3) is 5.56 Å². The number of ether oxygens (including phenoxy) is 1. The molecular weight excluding hydrogens is 407 g/mol. The van der Waals surface area contributed by atoms with Gasteiger partial charge in [-0.05, 0) is 38.0 Å². The summed E-state index contributed by atoms with van der Waals surface area (Å²) in [5, 5.41) is 3.55. The van der Waals surface area contributed by atoms with Gasteiger partial charge >= 0.3 is 6.18 Å². The van der Waals surface area contributed by atoms with E-state index in [0.717, 1.165) is 18.9 Å². The summed E-state index contributed by atoms with van der Waals surface area (Å²) >= 11 is 5.24. The summed E-state index contributed by atoms with van der Waals surface area (Å²) in [4.78, 5) is 19.2. The highest BCUT2D eigenvalue weighted by molar-refractivity contribution is 7.71. The summed E-state index contributed by atoms with van der Waals surface area (Å²) in [7, 11) is 1.69. The molecule has 11 heteroatoms. The van der Waals surface area contributed by atoms with Crippen molar-refractivity contribution in [3.63, 3.8) is 0 Å². The van der Waals surface area contributed by atoms with Crippen LogP contribution in [0.15, 0.2) is 17.1 Å². The molecule has 0 amide bonds. The number of aryl methyl sites for hydroxylation is 1. The number of halogens is 3. The molecule has 0 radical (unpaired) electrons. The van der Waals surface area contributed by atoms with Crippen LogP contribution in [0.2, 0.25) is 0 Å². The summed E-state index contributed by atoms with van der Waals surface area (Å²) in [6, 6.07) is 0.890. The molecule has 0 aliphatic carbocycles. The summed E-state index contributed by atoms with van der Waals surface area (Å²) in [5.74, 6) is 0. The number of nitrogens with one attached hydrogen (secondary N) is 1. The van der Waals surface area contributed by atoms with Crippen LogP contribution in [0.25, 0.3) is 22.3 Å². The van der Waals surface area contributed by atoms with Gasteiger partial charge in [0.15, 0.2) is 4.77 Å². The van der Waals surface area contributed by atoms with Crippen molar-refractivity contribution in [2.75, 3.05) is 6.61 Å². The lowest BCUT2D eigenvalue weighted by atomic mass is 10.1. The zero-order chi connectivity index (χ0) is 20.9. The van der Waals surface area contributed by atoms with Crippen molar-refractivity contribution in [1.82, 2.24) is 24.3 Å². The molecule has 3 aromatic heterocycles. The van der Waals surface area contributed by atoms with E-state index in [1.807, 2.05) is 0 Å². The fourth-order valence-corrected chi connectivity index (χ4v) is 3.80. The Bertz CT molecular complexity index is 1210. The van der Waals surface area contributed by atoms with Crippen molar-refractivity contribution in [3.05, 3.63) is 38.6 Å². The third-order valence-corrected chi connectivity index (χ3v) is 5.50. The Morgan fingerprint density at radius 1 is 1.41 bits per heavy atom. The lowest BCUT2D eigenvalue weighted by Gasteiger charge is -2.18. The van der Waals surface area contributed by atoms with E-state index < -0.39 is 22.7 Å². The topological polar surface area (TPSA) is 77.7 Å². The van der Waals surface area contributed by atoms with Crippen LogP contribution in [0.5, 0.6) is 0 Å². The molecule has 4 heterocycles. The van der Waals surface area contributed by atoms with Crippen LogP contribution in [0.3, 0.4) is 0 Å². The zero-order valence-corrected chi connectivity index (χ0v) is 16.5. The van der Waals surface area contributed by atoms with Crippen molar-refractivity contribution < 1.29 is 17.9 Å². The lowest BCUT2D eigenvalue weighted by molar-refractivity contribution is -0.136. The van der Waals surface area contributed by atoms with E-state index in [9.17, 15) is 18.0 Å². The lowest BCUT2D eigenvalue weighted by Crippen LogP contribution is -2.24. The number of pyridine rings is 1. The van der Waals surface area contributed by atoms with Crippen molar-refractivity contribution in [2.24, 2.45) is 7.05 Å². The predicted octanol–water partition coefficient (Wildman–Crippen LogP) is 3.36. The zero-order valence-electron chi connectivity index (χ0n) is 15.7. The van der Waals surface area contributed by atoms with E-state index in [0.29, 0.717) is 17.9 Å². The first-order valence-corrected chi connectivity index (χ1v) is 9.43. The smallest absolute Gasteiger partial charge is 0.376 e. The van der Waals surface area contributed by atoms with Crippen LogP contribution in [0, 0.1) is 11.7 Å². The van der Waals surface area contributed by atoms with Gasteiger partial charge in [-0.25, -0.2) is 4.98 Å². The first-order chi connectivity index (χ1) is 13.7. The molecule has 7 nitrogen and oxygen atoms in total. The quantitative estimate of drug-likeness (QED) is 0.651. The molecular formula is C18H18F3N5O2S. The largest absolute Gasteiger partial charge is 0.417 e. The number of hydrogen-bond donors (Lipinski definition) is 1. The SMILES string of the molecule is Cc1c(-c2cc(C(F)(F)F)c3c(=O)[nH]c(=S)n(C[C@@H]4CCCO4)c3n2)cnn1C. The van der Waals surface area contributed by atoms with Gasteiger partial charge in [0, 0.05) is 24.9 Å². The minimum absolute atomic E-state index is 0.0127. The molecule has 1 saturated heterocycles. The maximum absolute atomic E-state index is 13.9. The summed E-state index contributed by atoms with van der Waals surface area (Å²) in [6.07, 6.45) is -1.87. The molecule has 1 aliphatic rings. The Balaban J connectivity index is 2.06. The number of fused-ring (bicyclic) bond motifs is 1. The Morgan fingerprint density at radius 3 is 2.76 bits per heavy atom. The van der Waals surface area contributed by atoms with Gasteiger partial charge in [-0.15, -0.1) is 0 Å². The van der Waals surface area contributed by atoms with Crippen LogP contribution in [0.4, 0.5) is 13.2 Å². The van der Waals surface area contributed by atoms with E-state index in [2.05, 4.69) is 15.1 Å². The highest BCUT2D eigenvalue weighted by Crippen LogP contribution is 2.36. The minimum atomic E-state index is -4.75. The van der Waals surface area contributed by atoms with Crippen molar-refractivity contribution >= 4 is 23.3 Å². The van der Waals surface area contributed by atoms with Crippen LogP contribution >= 0.6 is 12.2 Å². The molecule has 3 aromatic rings. The molecule has 1 atom stereocenters. The molecule has 154 valence electrons. The Labute approximate surface area is 168 Å². The third kappa shape index (κ3) is 3.48. The molecule has 1 N–H and O–H groups in total. The highest BCUT2D eigenvalue weighted by Gasteiger charge is 2.36. The molecule has 4 rings (SSSR count). The molecule has 1 fully saturated rings. The second-order valence-corrected chi connectivity index (χ2v) is 7.41. The monoisotopic (exact) mass is 425 g/mol. The van der Waals surface area contributed by atoms with Gasteiger partial charge in [-0.2, -0.15) is 18.3 Å². The first kappa shape index (κ1) is 19.8. The Kier molecular flexibility index (Phi) is 4.82. The van der Waals surface area contributed by atoms with E-state index in [4.69, 9.17) is 17.0 Å².